The molecule has 0 bridgehead atoms. The lowest BCUT2D eigenvalue weighted by atomic mass is 10.3. The van der Waals surface area contributed by atoms with E-state index in [1.54, 1.807) is 0 Å². The topological polar surface area (TPSA) is 145 Å². The number of hydrogen-bond acceptors (Lipinski definition) is 15. The van der Waals surface area contributed by atoms with Gasteiger partial charge in [-0.2, -0.15) is 0 Å². The van der Waals surface area contributed by atoms with E-state index in [2.05, 4.69) is 18.2 Å². The first-order valence-corrected chi connectivity index (χ1v) is 22.6. The van der Waals surface area contributed by atoms with Gasteiger partial charge in [0.25, 0.3) is 0 Å². The van der Waals surface area contributed by atoms with E-state index in [0.29, 0.717) is 17.3 Å². The van der Waals surface area contributed by atoms with E-state index in [1.165, 1.54) is 49.1 Å². The van der Waals surface area contributed by atoms with Gasteiger partial charge in [0, 0.05) is 49.6 Å². The third-order valence-electron chi connectivity index (χ3n) is 7.51. The molecule has 0 saturated carbocycles. The van der Waals surface area contributed by atoms with Gasteiger partial charge < -0.3 is 14.2 Å². The second-order valence-corrected chi connectivity index (χ2v) is 17.6. The van der Waals surface area contributed by atoms with Crippen molar-refractivity contribution in [1.82, 2.24) is 13.7 Å². The van der Waals surface area contributed by atoms with Crippen molar-refractivity contribution in [2.24, 2.45) is 0 Å². The Labute approximate surface area is 302 Å². The molecule has 0 saturated heterocycles. The molecule has 0 spiro atoms. The SMILES string of the molecule is O=C(OCCn1c(=O)n(CCOC(=O)SSCC2=CCCC2)c(=O)n(CCOC(=O)SSCC2=CCCC2)c1=O)SSCC1=CCCC1. The summed E-state index contributed by atoms with van der Waals surface area (Å²) in [6, 6.07) is 0. The van der Waals surface area contributed by atoms with Crippen molar-refractivity contribution in [3.8, 4) is 0 Å². The number of aromatic nitrogens is 3. The monoisotopic (exact) mass is 777 g/mol. The summed E-state index contributed by atoms with van der Waals surface area (Å²) >= 11 is 0. The highest BCUT2D eigenvalue weighted by Crippen LogP contribution is 2.31. The van der Waals surface area contributed by atoms with Crippen molar-refractivity contribution in [1.29, 1.82) is 0 Å². The minimum atomic E-state index is -0.927. The summed E-state index contributed by atoms with van der Waals surface area (Å²) in [5, 5.41) is -1.67. The Kier molecular flexibility index (Phi) is 17.3. The van der Waals surface area contributed by atoms with Crippen molar-refractivity contribution in [2.75, 3.05) is 37.1 Å². The van der Waals surface area contributed by atoms with Crippen LogP contribution in [0.25, 0.3) is 0 Å². The largest absolute Gasteiger partial charge is 0.455 e. The van der Waals surface area contributed by atoms with E-state index in [4.69, 9.17) is 14.2 Å². The number of carbonyl (C=O) groups excluding carboxylic acids is 3. The second-order valence-electron chi connectivity index (χ2n) is 10.9. The van der Waals surface area contributed by atoms with E-state index in [-0.39, 0.29) is 39.5 Å². The summed E-state index contributed by atoms with van der Waals surface area (Å²) in [4.78, 5) is 76.5. The first-order valence-electron chi connectivity index (χ1n) is 15.7. The zero-order chi connectivity index (χ0) is 34.1. The van der Waals surface area contributed by atoms with Crippen LogP contribution in [0.15, 0.2) is 49.3 Å². The molecule has 18 heteroatoms. The molecule has 0 amide bonds. The van der Waals surface area contributed by atoms with Crippen LogP contribution in [0.2, 0.25) is 0 Å². The molecule has 1 heterocycles. The van der Waals surface area contributed by atoms with Crippen LogP contribution in [-0.2, 0) is 33.8 Å². The van der Waals surface area contributed by atoms with Crippen LogP contribution in [0.3, 0.4) is 0 Å². The van der Waals surface area contributed by atoms with Crippen molar-refractivity contribution >= 4 is 80.7 Å². The van der Waals surface area contributed by atoms with Gasteiger partial charge >= 0.3 is 33.0 Å². The molecule has 48 heavy (non-hydrogen) atoms. The highest BCUT2D eigenvalue weighted by atomic mass is 33.1. The minimum Gasteiger partial charge on any atom is -0.455 e. The standard InChI is InChI=1S/C30H39N3O9S6/c34-25-31(13-16-40-28(37)46-43-19-22-7-1-2-8-22)26(35)33(15-18-42-30(39)48-45-21-24-11-5-6-12-24)27(36)32(25)14-17-41-29(38)47-44-20-23-9-3-4-10-23/h7,9,11H,1-6,8,10,12-21H2. The average Bonchev–Trinajstić information content (AvgIpc) is 3.88. The molecule has 4 rings (SSSR count). The van der Waals surface area contributed by atoms with Gasteiger partial charge in [0.15, 0.2) is 0 Å². The fraction of sp³-hybridized carbons (Fsp3) is 0.600. The molecule has 3 aliphatic carbocycles. The van der Waals surface area contributed by atoms with E-state index in [1.807, 2.05) is 0 Å². The van der Waals surface area contributed by atoms with Gasteiger partial charge in [0.2, 0.25) is 0 Å². The molecule has 0 aromatic carbocycles. The quantitative estimate of drug-likeness (QED) is 0.0649. The Morgan fingerprint density at radius 2 is 0.812 bits per heavy atom. The number of rotatable bonds is 18. The molecular formula is C30H39N3O9S6. The fourth-order valence-electron chi connectivity index (χ4n) is 5.05. The summed E-state index contributed by atoms with van der Waals surface area (Å²) in [6.07, 6.45) is 16.1. The lowest BCUT2D eigenvalue weighted by molar-refractivity contribution is 0.162. The van der Waals surface area contributed by atoms with Crippen LogP contribution in [0.5, 0.6) is 0 Å². The zero-order valence-corrected chi connectivity index (χ0v) is 31.3. The van der Waals surface area contributed by atoms with Crippen molar-refractivity contribution in [3.05, 3.63) is 66.4 Å². The van der Waals surface area contributed by atoms with Gasteiger partial charge in [0.1, 0.15) is 19.8 Å². The number of ether oxygens (including phenoxy) is 3. The zero-order valence-electron chi connectivity index (χ0n) is 26.4. The molecule has 0 unspecified atom stereocenters. The number of hydrogen-bond donors (Lipinski definition) is 0. The van der Waals surface area contributed by atoms with Gasteiger partial charge in [-0.15, -0.1) is 0 Å². The molecule has 0 fully saturated rings. The Hall–Kier alpha value is -1.86. The van der Waals surface area contributed by atoms with Gasteiger partial charge in [-0.05, 0) is 57.8 Å². The van der Waals surface area contributed by atoms with Crippen LogP contribution in [0, 0.1) is 0 Å². The average molecular weight is 778 g/mol. The molecule has 0 radical (unpaired) electrons. The van der Waals surface area contributed by atoms with Gasteiger partial charge in [-0.3, -0.25) is 0 Å². The van der Waals surface area contributed by atoms with Gasteiger partial charge in [-0.1, -0.05) is 67.3 Å². The van der Waals surface area contributed by atoms with Gasteiger partial charge in [0.05, 0.1) is 19.6 Å². The molecule has 0 aliphatic heterocycles. The Bertz CT molecular complexity index is 1350. The number of allylic oxidation sites excluding steroid dienone is 3. The summed E-state index contributed by atoms with van der Waals surface area (Å²) in [7, 11) is 6.93. The molecule has 1 aromatic heterocycles. The van der Waals surface area contributed by atoms with E-state index in [0.717, 1.165) is 104 Å². The van der Waals surface area contributed by atoms with E-state index < -0.39 is 33.0 Å². The molecule has 3 aliphatic rings. The third kappa shape index (κ3) is 13.1. The third-order valence-corrected chi connectivity index (χ3v) is 13.4. The molecule has 12 nitrogen and oxygen atoms in total. The maximum Gasteiger partial charge on any atom is 0.378 e. The minimum absolute atomic E-state index is 0.277. The van der Waals surface area contributed by atoms with Gasteiger partial charge in [-0.25, -0.2) is 42.5 Å². The lowest BCUT2D eigenvalue weighted by Crippen LogP contribution is -2.55. The summed E-state index contributed by atoms with van der Waals surface area (Å²) in [6.45, 7) is -1.73. The summed E-state index contributed by atoms with van der Waals surface area (Å²) < 4.78 is 18.1. The van der Waals surface area contributed by atoms with Crippen LogP contribution in [0.4, 0.5) is 14.4 Å². The first-order chi connectivity index (χ1) is 23.3. The van der Waals surface area contributed by atoms with Crippen LogP contribution >= 0.6 is 64.8 Å². The highest BCUT2D eigenvalue weighted by molar-refractivity contribution is 8.82. The van der Waals surface area contributed by atoms with Crippen LogP contribution in [-0.4, -0.2) is 66.7 Å². The number of nitrogens with zero attached hydrogens (tertiary/aromatic N) is 3. The van der Waals surface area contributed by atoms with Crippen LogP contribution < -0.4 is 17.1 Å². The smallest absolute Gasteiger partial charge is 0.378 e. The predicted molar refractivity (Wildman–Crippen MR) is 199 cm³/mol. The summed E-state index contributed by atoms with van der Waals surface area (Å²) in [5.74, 6) is 2.15. The normalized spacial score (nSPS) is 15.6. The van der Waals surface area contributed by atoms with Crippen molar-refractivity contribution in [2.45, 2.75) is 77.4 Å². The van der Waals surface area contributed by atoms with E-state index in [9.17, 15) is 28.8 Å². The fourth-order valence-corrected chi connectivity index (χ4v) is 10.3. The Balaban J connectivity index is 1.33. The number of carbonyl (C=O) groups is 3. The highest BCUT2D eigenvalue weighted by Gasteiger charge is 2.18. The lowest BCUT2D eigenvalue weighted by Gasteiger charge is -2.14. The predicted octanol–water partition coefficient (Wildman–Crippen LogP) is 7.06. The molecule has 264 valence electrons. The Morgan fingerprint density at radius 3 is 1.06 bits per heavy atom. The maximum atomic E-state index is 13.3. The van der Waals surface area contributed by atoms with E-state index >= 15 is 0 Å². The van der Waals surface area contributed by atoms with Crippen molar-refractivity contribution in [3.63, 3.8) is 0 Å². The van der Waals surface area contributed by atoms with Crippen LogP contribution in [0.1, 0.15) is 57.8 Å². The Morgan fingerprint density at radius 1 is 0.521 bits per heavy atom. The molecule has 1 aromatic rings. The summed E-state index contributed by atoms with van der Waals surface area (Å²) in [5.41, 5.74) is 1.11. The second kappa shape index (κ2) is 21.4. The molecule has 0 N–H and O–H groups in total. The van der Waals surface area contributed by atoms with Crippen molar-refractivity contribution < 1.29 is 28.6 Å². The maximum absolute atomic E-state index is 13.3. The molecular weight excluding hydrogens is 739 g/mol. The molecule has 0 atom stereocenters. The first kappa shape index (κ1) is 38.9.